The Kier molecular flexibility index (Phi) is 11.0. The first-order valence-corrected chi connectivity index (χ1v) is 9.88. The lowest BCUT2D eigenvalue weighted by molar-refractivity contribution is -0.384. The number of hydrogen-bond donors (Lipinski definition) is 3. The van der Waals surface area contributed by atoms with Gasteiger partial charge >= 0.3 is 18.2 Å². The smallest absolute Gasteiger partial charge is 0.408 e. The van der Waals surface area contributed by atoms with Crippen LogP contribution in [0.2, 0.25) is 0 Å². The van der Waals surface area contributed by atoms with Crippen molar-refractivity contribution in [3.63, 3.8) is 0 Å². The van der Waals surface area contributed by atoms with E-state index in [9.17, 15) is 29.6 Å². The van der Waals surface area contributed by atoms with Crippen LogP contribution in [0.5, 0.6) is 0 Å². The van der Waals surface area contributed by atoms with Crippen molar-refractivity contribution in [1.82, 2.24) is 10.6 Å². The van der Waals surface area contributed by atoms with E-state index in [4.69, 9.17) is 14.2 Å². The molecule has 0 radical (unpaired) electrons. The van der Waals surface area contributed by atoms with Crippen molar-refractivity contribution in [2.24, 2.45) is 0 Å². The second kappa shape index (κ2) is 13.2. The van der Waals surface area contributed by atoms with Gasteiger partial charge in [0.15, 0.2) is 6.04 Å². The molecule has 3 N–H and O–H groups in total. The standard InChI is InChI=1S/C20H29N3O10/c1-20(2,3)33-18(26)21-9-15(24)11-31-12-16(17(25)30-4)22-19(27)32-10-13-5-7-14(8-6-13)23(28)29/h5-8,15-16,24H,9-12H2,1-4H3,(H,21,26)(H,22,27)/t15?,16-/m0/s1. The molecule has 0 saturated carbocycles. The van der Waals surface area contributed by atoms with E-state index in [1.54, 1.807) is 20.8 Å². The Balaban J connectivity index is 2.43. The summed E-state index contributed by atoms with van der Waals surface area (Å²) in [6, 6.07) is 4.18. The lowest BCUT2D eigenvalue weighted by Gasteiger charge is -2.21. The number of methoxy groups -OCH3 is 1. The van der Waals surface area contributed by atoms with Gasteiger partial charge in [0.05, 0.1) is 31.4 Å². The summed E-state index contributed by atoms with van der Waals surface area (Å²) in [5.41, 5.74) is -0.283. The number of nitrogens with one attached hydrogen (secondary N) is 2. The molecule has 184 valence electrons. The molecule has 0 aliphatic carbocycles. The number of aliphatic hydroxyl groups is 1. The molecule has 1 unspecified atom stereocenters. The zero-order valence-corrected chi connectivity index (χ0v) is 18.9. The maximum atomic E-state index is 12.0. The Bertz CT molecular complexity index is 807. The zero-order valence-electron chi connectivity index (χ0n) is 18.9. The molecule has 13 heteroatoms. The highest BCUT2D eigenvalue weighted by molar-refractivity contribution is 5.81. The van der Waals surface area contributed by atoms with Crippen LogP contribution in [0.4, 0.5) is 15.3 Å². The van der Waals surface area contributed by atoms with Gasteiger partial charge in [-0.05, 0) is 38.5 Å². The molecule has 0 fully saturated rings. The largest absolute Gasteiger partial charge is 0.467 e. The maximum Gasteiger partial charge on any atom is 0.408 e. The second-order valence-electron chi connectivity index (χ2n) is 7.79. The number of esters is 1. The molecular weight excluding hydrogens is 442 g/mol. The van der Waals surface area contributed by atoms with Gasteiger partial charge in [0.1, 0.15) is 12.2 Å². The fraction of sp³-hybridized carbons (Fsp3) is 0.550. The summed E-state index contributed by atoms with van der Waals surface area (Å²) in [6.45, 7) is 4.18. The van der Waals surface area contributed by atoms with Crippen LogP contribution in [0, 0.1) is 10.1 Å². The van der Waals surface area contributed by atoms with Crippen LogP contribution in [-0.2, 0) is 30.3 Å². The number of non-ortho nitro benzene ring substituents is 1. The molecule has 0 spiro atoms. The molecule has 0 saturated heterocycles. The van der Waals surface area contributed by atoms with E-state index in [2.05, 4.69) is 15.4 Å². The average Bonchev–Trinajstić information content (AvgIpc) is 2.74. The van der Waals surface area contributed by atoms with Crippen LogP contribution in [0.15, 0.2) is 24.3 Å². The van der Waals surface area contributed by atoms with Crippen molar-refractivity contribution in [1.29, 1.82) is 0 Å². The van der Waals surface area contributed by atoms with Crippen LogP contribution >= 0.6 is 0 Å². The van der Waals surface area contributed by atoms with Crippen molar-refractivity contribution in [2.45, 2.75) is 45.1 Å². The number of nitro benzene ring substituents is 1. The predicted octanol–water partition coefficient (Wildman–Crippen LogP) is 1.26. The first kappa shape index (κ1) is 27.6. The molecule has 0 aliphatic heterocycles. The van der Waals surface area contributed by atoms with E-state index in [1.165, 1.54) is 24.3 Å². The molecule has 13 nitrogen and oxygen atoms in total. The average molecular weight is 471 g/mol. The molecular formula is C20H29N3O10. The maximum absolute atomic E-state index is 12.0. The topological polar surface area (TPSA) is 176 Å². The number of alkyl carbamates (subject to hydrolysis) is 2. The van der Waals surface area contributed by atoms with Gasteiger partial charge in [-0.3, -0.25) is 10.1 Å². The van der Waals surface area contributed by atoms with Gasteiger partial charge in [-0.1, -0.05) is 0 Å². The minimum absolute atomic E-state index is 0.102. The van der Waals surface area contributed by atoms with Gasteiger partial charge in [-0.2, -0.15) is 0 Å². The second-order valence-corrected chi connectivity index (χ2v) is 7.79. The van der Waals surface area contributed by atoms with Crippen LogP contribution in [0.1, 0.15) is 26.3 Å². The van der Waals surface area contributed by atoms with Crippen LogP contribution in [-0.4, -0.2) is 72.8 Å². The molecule has 2 atom stereocenters. The minimum Gasteiger partial charge on any atom is -0.467 e. The van der Waals surface area contributed by atoms with Crippen molar-refractivity contribution in [2.75, 3.05) is 26.9 Å². The lowest BCUT2D eigenvalue weighted by atomic mass is 10.2. The van der Waals surface area contributed by atoms with E-state index >= 15 is 0 Å². The Hall–Kier alpha value is -3.45. The quantitative estimate of drug-likeness (QED) is 0.184. The first-order chi connectivity index (χ1) is 15.4. The molecule has 1 aromatic carbocycles. The van der Waals surface area contributed by atoms with E-state index in [-0.39, 0.29) is 32.1 Å². The number of nitrogens with zero attached hydrogens (tertiary/aromatic N) is 1. The van der Waals surface area contributed by atoms with Crippen molar-refractivity contribution in [3.8, 4) is 0 Å². The summed E-state index contributed by atoms with van der Waals surface area (Å²) < 4.78 is 19.9. The fourth-order valence-corrected chi connectivity index (χ4v) is 2.25. The Morgan fingerprint density at radius 1 is 1.12 bits per heavy atom. The third-order valence-electron chi connectivity index (χ3n) is 3.77. The summed E-state index contributed by atoms with van der Waals surface area (Å²) in [4.78, 5) is 45.5. The normalized spacial score (nSPS) is 12.8. The van der Waals surface area contributed by atoms with Crippen molar-refractivity contribution < 1.29 is 43.4 Å². The summed E-state index contributed by atoms with van der Waals surface area (Å²) in [5, 5.41) is 25.2. The number of aliphatic hydroxyl groups excluding tert-OH is 1. The van der Waals surface area contributed by atoms with E-state index in [1.807, 2.05) is 0 Å². The number of carbonyl (C=O) groups excluding carboxylic acids is 3. The van der Waals surface area contributed by atoms with Gasteiger partial charge in [0, 0.05) is 18.7 Å². The van der Waals surface area contributed by atoms with E-state index < -0.39 is 40.8 Å². The monoisotopic (exact) mass is 471 g/mol. The summed E-state index contributed by atoms with van der Waals surface area (Å²) in [6.07, 6.45) is -2.74. The Morgan fingerprint density at radius 2 is 1.76 bits per heavy atom. The number of carbonyl (C=O) groups is 3. The highest BCUT2D eigenvalue weighted by Gasteiger charge is 2.23. The first-order valence-electron chi connectivity index (χ1n) is 9.88. The van der Waals surface area contributed by atoms with Gasteiger partial charge in [0.2, 0.25) is 0 Å². The van der Waals surface area contributed by atoms with Crippen molar-refractivity contribution >= 4 is 23.8 Å². The number of amides is 2. The van der Waals surface area contributed by atoms with Gasteiger partial charge in [0.25, 0.3) is 5.69 Å². The molecule has 0 aliphatic rings. The SMILES string of the molecule is COC(=O)[C@H](COCC(O)CNC(=O)OC(C)(C)C)NC(=O)OCc1ccc([N+](=O)[O-])cc1. The highest BCUT2D eigenvalue weighted by Crippen LogP contribution is 2.12. The zero-order chi connectivity index (χ0) is 25.0. The molecule has 33 heavy (non-hydrogen) atoms. The van der Waals surface area contributed by atoms with Gasteiger partial charge in [-0.15, -0.1) is 0 Å². The van der Waals surface area contributed by atoms with Crippen LogP contribution < -0.4 is 10.6 Å². The summed E-state index contributed by atoms with van der Waals surface area (Å²) >= 11 is 0. The molecule has 1 aromatic rings. The molecule has 0 aromatic heterocycles. The number of rotatable bonds is 11. The number of ether oxygens (including phenoxy) is 4. The predicted molar refractivity (Wildman–Crippen MR) is 113 cm³/mol. The van der Waals surface area contributed by atoms with Gasteiger partial charge in [-0.25, -0.2) is 14.4 Å². The Morgan fingerprint density at radius 3 is 2.30 bits per heavy atom. The lowest BCUT2D eigenvalue weighted by Crippen LogP contribution is -2.45. The third-order valence-corrected chi connectivity index (χ3v) is 3.77. The van der Waals surface area contributed by atoms with E-state index in [0.29, 0.717) is 5.56 Å². The number of benzene rings is 1. The summed E-state index contributed by atoms with van der Waals surface area (Å²) in [5.74, 6) is -0.802. The molecule has 0 heterocycles. The molecule has 2 amide bonds. The molecule has 0 bridgehead atoms. The van der Waals surface area contributed by atoms with Crippen molar-refractivity contribution in [3.05, 3.63) is 39.9 Å². The van der Waals surface area contributed by atoms with E-state index in [0.717, 1.165) is 7.11 Å². The highest BCUT2D eigenvalue weighted by atomic mass is 16.6. The number of hydrogen-bond acceptors (Lipinski definition) is 10. The number of nitro groups is 1. The Labute approximate surface area is 190 Å². The molecule has 1 rings (SSSR count). The minimum atomic E-state index is -1.22. The summed E-state index contributed by atoms with van der Waals surface area (Å²) in [7, 11) is 1.12. The fourth-order valence-electron chi connectivity index (χ4n) is 2.25. The van der Waals surface area contributed by atoms with Crippen LogP contribution in [0.3, 0.4) is 0 Å². The van der Waals surface area contributed by atoms with Gasteiger partial charge < -0.3 is 34.7 Å². The third kappa shape index (κ3) is 11.7. The van der Waals surface area contributed by atoms with Crippen LogP contribution in [0.25, 0.3) is 0 Å².